The molecule has 0 aliphatic heterocycles. The van der Waals surface area contributed by atoms with Crippen molar-refractivity contribution in [2.75, 3.05) is 5.32 Å². The molecular formula is C18H17BFN5O4. The number of aliphatic imine (C=N–C) groups is 1. The van der Waals surface area contributed by atoms with E-state index in [9.17, 15) is 9.60 Å². The molecule has 1 aliphatic carbocycles. The number of amidine groups is 1. The summed E-state index contributed by atoms with van der Waals surface area (Å²) in [6.07, 6.45) is 0.623. The fraction of sp³-hybridized carbons (Fsp3) is 0.167. The maximum absolute atomic E-state index is 13.5. The largest absolute Gasteiger partial charge is 0.488 e. The summed E-state index contributed by atoms with van der Waals surface area (Å²) < 4.78 is 18.2. The van der Waals surface area contributed by atoms with Gasteiger partial charge in [-0.05, 0) is 51.0 Å². The van der Waals surface area contributed by atoms with Crippen LogP contribution in [0.2, 0.25) is 0 Å². The normalized spacial score (nSPS) is 15.4. The molecule has 0 spiro atoms. The Morgan fingerprint density at radius 1 is 1.21 bits per heavy atom. The maximum atomic E-state index is 13.5. The second-order valence-electron chi connectivity index (χ2n) is 6.58. The molecule has 2 aromatic carbocycles. The predicted octanol–water partition coefficient (Wildman–Crippen LogP) is 0.523. The molecular weight excluding hydrogens is 380 g/mol. The van der Waals surface area contributed by atoms with Crippen molar-refractivity contribution in [2.45, 2.75) is 19.0 Å². The van der Waals surface area contributed by atoms with Crippen molar-refractivity contribution < 1.29 is 24.3 Å². The molecule has 1 atom stereocenters. The molecule has 0 radical (unpaired) electrons. The first-order valence-corrected chi connectivity index (χ1v) is 8.83. The van der Waals surface area contributed by atoms with E-state index in [1.165, 1.54) is 12.1 Å². The molecule has 148 valence electrons. The Morgan fingerprint density at radius 2 is 2.00 bits per heavy atom. The van der Waals surface area contributed by atoms with Crippen molar-refractivity contribution in [2.24, 2.45) is 4.99 Å². The van der Waals surface area contributed by atoms with Crippen LogP contribution in [0.25, 0.3) is 0 Å². The van der Waals surface area contributed by atoms with Crippen molar-refractivity contribution >= 4 is 24.2 Å². The quantitative estimate of drug-likeness (QED) is 0.176. The summed E-state index contributed by atoms with van der Waals surface area (Å²) in [5.74, 6) is -0.0323. The third-order valence-corrected chi connectivity index (χ3v) is 4.72. The minimum Gasteiger partial charge on any atom is -0.423 e. The van der Waals surface area contributed by atoms with Gasteiger partial charge < -0.3 is 15.4 Å². The van der Waals surface area contributed by atoms with Crippen molar-refractivity contribution in [3.05, 3.63) is 70.7 Å². The molecule has 1 aliphatic rings. The van der Waals surface area contributed by atoms with Gasteiger partial charge in [0.1, 0.15) is 5.82 Å². The van der Waals surface area contributed by atoms with Crippen molar-refractivity contribution in [3.63, 3.8) is 0 Å². The molecule has 1 aromatic heterocycles. The number of hydrogen-bond acceptors (Lipinski definition) is 8. The average Bonchev–Trinajstić information content (AvgIpc) is 3.17. The first-order valence-electron chi connectivity index (χ1n) is 8.83. The van der Waals surface area contributed by atoms with Gasteiger partial charge in [0.2, 0.25) is 5.82 Å². The average molecular weight is 397 g/mol. The van der Waals surface area contributed by atoms with Gasteiger partial charge in [0, 0.05) is 6.54 Å². The lowest BCUT2D eigenvalue weighted by Crippen LogP contribution is -2.29. The molecule has 0 fully saturated rings. The van der Waals surface area contributed by atoms with Gasteiger partial charge in [0.05, 0.1) is 6.04 Å². The van der Waals surface area contributed by atoms with Crippen LogP contribution in [-0.4, -0.2) is 38.5 Å². The summed E-state index contributed by atoms with van der Waals surface area (Å²) in [5, 5.41) is 38.4. The highest BCUT2D eigenvalue weighted by molar-refractivity contribution is 6.58. The van der Waals surface area contributed by atoms with Crippen LogP contribution in [0.3, 0.4) is 0 Å². The third-order valence-electron chi connectivity index (χ3n) is 4.72. The molecule has 1 heterocycles. The van der Waals surface area contributed by atoms with Crippen molar-refractivity contribution in [3.8, 4) is 0 Å². The molecule has 0 amide bonds. The molecule has 3 aromatic rings. The van der Waals surface area contributed by atoms with E-state index in [1.807, 2.05) is 5.48 Å². The predicted molar refractivity (Wildman–Crippen MR) is 102 cm³/mol. The highest BCUT2D eigenvalue weighted by Crippen LogP contribution is 2.36. The highest BCUT2D eigenvalue weighted by atomic mass is 19.1. The van der Waals surface area contributed by atoms with E-state index in [2.05, 4.69) is 20.6 Å². The van der Waals surface area contributed by atoms with Crippen LogP contribution in [-0.2, 0) is 13.0 Å². The number of fused-ring (bicyclic) bond motifs is 1. The third kappa shape index (κ3) is 3.97. The smallest absolute Gasteiger partial charge is 0.423 e. The van der Waals surface area contributed by atoms with Gasteiger partial charge >= 0.3 is 7.12 Å². The van der Waals surface area contributed by atoms with Crippen LogP contribution in [0.15, 0.2) is 52.1 Å². The Hall–Kier alpha value is -3.28. The fourth-order valence-corrected chi connectivity index (χ4v) is 3.12. The summed E-state index contributed by atoms with van der Waals surface area (Å²) in [7, 11) is -1.53. The zero-order valence-corrected chi connectivity index (χ0v) is 15.1. The summed E-state index contributed by atoms with van der Waals surface area (Å²) in [6.45, 7) is 0.346. The van der Waals surface area contributed by atoms with Crippen LogP contribution in [0.5, 0.6) is 0 Å². The van der Waals surface area contributed by atoms with E-state index in [4.69, 9.17) is 14.7 Å². The zero-order valence-electron chi connectivity index (χ0n) is 15.1. The van der Waals surface area contributed by atoms with Crippen LogP contribution >= 0.6 is 0 Å². The first-order chi connectivity index (χ1) is 14.0. The van der Waals surface area contributed by atoms with E-state index < -0.39 is 7.12 Å². The van der Waals surface area contributed by atoms with Gasteiger partial charge in [-0.15, -0.1) is 0 Å². The SMILES string of the molecule is ONC(=N[C@H]1Cc2ccc(F)cc21)c1nonc1NCc1ccc(B(O)O)cc1. The maximum Gasteiger partial charge on any atom is 0.488 e. The van der Waals surface area contributed by atoms with E-state index in [0.29, 0.717) is 18.4 Å². The number of aromatic nitrogens is 2. The molecule has 9 nitrogen and oxygen atoms in total. The topological polar surface area (TPSA) is 136 Å². The zero-order chi connectivity index (χ0) is 20.4. The minimum atomic E-state index is -1.53. The van der Waals surface area contributed by atoms with Crippen LogP contribution < -0.4 is 16.3 Å². The van der Waals surface area contributed by atoms with E-state index in [1.54, 1.807) is 30.3 Å². The van der Waals surface area contributed by atoms with Crippen LogP contribution in [0.4, 0.5) is 10.2 Å². The summed E-state index contributed by atoms with van der Waals surface area (Å²) >= 11 is 0. The Morgan fingerprint density at radius 3 is 2.72 bits per heavy atom. The highest BCUT2D eigenvalue weighted by Gasteiger charge is 2.28. The lowest BCUT2D eigenvalue weighted by atomic mass is 9.80. The van der Waals surface area contributed by atoms with Gasteiger partial charge in [0.25, 0.3) is 0 Å². The number of anilines is 1. The van der Waals surface area contributed by atoms with E-state index in [0.717, 1.165) is 16.7 Å². The molecule has 0 saturated heterocycles. The molecule has 5 N–H and O–H groups in total. The molecule has 0 bridgehead atoms. The second kappa shape index (κ2) is 7.99. The van der Waals surface area contributed by atoms with Gasteiger partial charge in [0.15, 0.2) is 11.5 Å². The van der Waals surface area contributed by atoms with E-state index >= 15 is 0 Å². The van der Waals surface area contributed by atoms with Crippen LogP contribution in [0, 0.1) is 5.82 Å². The minimum absolute atomic E-state index is 0.0485. The number of nitrogens with one attached hydrogen (secondary N) is 2. The standard InChI is InChI=1S/C18H17BFN5O4/c20-13-6-3-11-7-15(14(11)8-13)22-18(23-28)16-17(25-29-24-16)21-9-10-1-4-12(5-2-10)19(26)27/h1-6,8,15,26-28H,7,9H2,(H,21,25)(H,22,23)/t15-/m0/s1. The van der Waals surface area contributed by atoms with Gasteiger partial charge in [-0.1, -0.05) is 30.3 Å². The van der Waals surface area contributed by atoms with Gasteiger partial charge in [-0.2, -0.15) is 0 Å². The lowest BCUT2D eigenvalue weighted by Gasteiger charge is -2.27. The Bertz CT molecular complexity index is 1040. The van der Waals surface area contributed by atoms with Gasteiger partial charge in [-0.25, -0.2) is 9.02 Å². The lowest BCUT2D eigenvalue weighted by molar-refractivity contribution is 0.232. The molecule has 0 saturated carbocycles. The summed E-state index contributed by atoms with van der Waals surface area (Å²) in [4.78, 5) is 4.40. The van der Waals surface area contributed by atoms with Crippen LogP contribution in [0.1, 0.15) is 28.4 Å². The number of halogens is 1. The first kappa shape index (κ1) is 19.1. The molecule has 11 heteroatoms. The van der Waals surface area contributed by atoms with E-state index in [-0.39, 0.29) is 29.2 Å². The van der Waals surface area contributed by atoms with Crippen molar-refractivity contribution in [1.29, 1.82) is 0 Å². The summed E-state index contributed by atoms with van der Waals surface area (Å²) in [5.41, 5.74) is 5.18. The Kier molecular flexibility index (Phi) is 5.25. The second-order valence-corrected chi connectivity index (χ2v) is 6.58. The number of benzene rings is 2. The summed E-state index contributed by atoms with van der Waals surface area (Å²) in [6, 6.07) is 10.9. The Labute approximate surface area is 165 Å². The number of hydrogen-bond donors (Lipinski definition) is 5. The number of rotatable bonds is 6. The monoisotopic (exact) mass is 397 g/mol. The fourth-order valence-electron chi connectivity index (χ4n) is 3.12. The Balaban J connectivity index is 1.49. The molecule has 0 unspecified atom stereocenters. The number of nitrogens with zero attached hydrogens (tertiary/aromatic N) is 3. The van der Waals surface area contributed by atoms with Gasteiger partial charge in [-0.3, -0.25) is 15.7 Å². The number of hydroxylamine groups is 1. The van der Waals surface area contributed by atoms with Crippen molar-refractivity contribution in [1.82, 2.24) is 15.8 Å². The molecule has 29 heavy (non-hydrogen) atoms. The molecule has 4 rings (SSSR count).